The number of aromatic amines is 1. The Labute approximate surface area is 174 Å². The molecule has 0 radical (unpaired) electrons. The summed E-state index contributed by atoms with van der Waals surface area (Å²) in [5.74, 6) is 0.00802. The van der Waals surface area contributed by atoms with Crippen molar-refractivity contribution in [1.82, 2.24) is 14.3 Å². The molecule has 30 heavy (non-hydrogen) atoms. The molecule has 0 bridgehead atoms. The number of nitrogens with one attached hydrogen (secondary N) is 2. The molecule has 1 heterocycles. The standard InChI is InChI=1S/C20H26FN3O5S/c1-2-18(15-5-3-6-16(11-15)29-13-14-7-8-14)23-30(27,28)10-4-9-24-12-17(21)19(25)22-20(24)26/h3,5-6,11-12,14,18,23H,2,4,7-10,13H2,1H3,(H,22,25,26)/t18-/m1/s1. The second-order valence-corrected chi connectivity index (χ2v) is 9.38. The van der Waals surface area contributed by atoms with Crippen molar-refractivity contribution in [2.45, 2.75) is 45.2 Å². The first-order valence-electron chi connectivity index (χ1n) is 9.99. The van der Waals surface area contributed by atoms with Gasteiger partial charge in [0.1, 0.15) is 5.75 Å². The molecule has 1 atom stereocenters. The summed E-state index contributed by atoms with van der Waals surface area (Å²) in [5.41, 5.74) is -1.06. The van der Waals surface area contributed by atoms with Crippen LogP contribution in [0.2, 0.25) is 0 Å². The number of hydrogen-bond donors (Lipinski definition) is 2. The molecule has 1 aliphatic carbocycles. The van der Waals surface area contributed by atoms with E-state index in [1.807, 2.05) is 36.2 Å². The molecule has 0 amide bonds. The fourth-order valence-corrected chi connectivity index (χ4v) is 4.42. The zero-order valence-electron chi connectivity index (χ0n) is 16.8. The molecule has 1 aromatic heterocycles. The first-order chi connectivity index (χ1) is 14.3. The molecule has 2 aromatic rings. The van der Waals surface area contributed by atoms with Crippen LogP contribution in [0, 0.1) is 11.7 Å². The van der Waals surface area contributed by atoms with Gasteiger partial charge in [0.15, 0.2) is 0 Å². The number of nitrogens with zero attached hydrogens (tertiary/aromatic N) is 1. The summed E-state index contributed by atoms with van der Waals surface area (Å²) in [6.45, 7) is 2.53. The third kappa shape index (κ3) is 6.27. The van der Waals surface area contributed by atoms with Crippen LogP contribution in [0.3, 0.4) is 0 Å². The van der Waals surface area contributed by atoms with Crippen molar-refractivity contribution in [3.05, 3.63) is 62.7 Å². The van der Waals surface area contributed by atoms with Crippen molar-refractivity contribution in [2.24, 2.45) is 5.92 Å². The first kappa shape index (κ1) is 22.2. The molecule has 1 fully saturated rings. The Balaban J connectivity index is 1.59. The van der Waals surface area contributed by atoms with Gasteiger partial charge in [-0.25, -0.2) is 17.9 Å². The van der Waals surface area contributed by atoms with Gasteiger partial charge in [0.05, 0.1) is 18.6 Å². The molecule has 0 saturated heterocycles. The summed E-state index contributed by atoms with van der Waals surface area (Å²) in [4.78, 5) is 24.6. The van der Waals surface area contributed by atoms with E-state index in [-0.39, 0.29) is 18.7 Å². The number of benzene rings is 1. The maximum Gasteiger partial charge on any atom is 0.328 e. The van der Waals surface area contributed by atoms with Crippen molar-refractivity contribution in [3.8, 4) is 5.75 Å². The van der Waals surface area contributed by atoms with Crippen molar-refractivity contribution in [1.29, 1.82) is 0 Å². The highest BCUT2D eigenvalue weighted by atomic mass is 32.2. The highest BCUT2D eigenvalue weighted by molar-refractivity contribution is 7.89. The fourth-order valence-electron chi connectivity index (χ4n) is 3.06. The monoisotopic (exact) mass is 439 g/mol. The topological polar surface area (TPSA) is 110 Å². The number of sulfonamides is 1. The average molecular weight is 440 g/mol. The molecule has 1 saturated carbocycles. The summed E-state index contributed by atoms with van der Waals surface area (Å²) < 4.78 is 47.8. The Morgan fingerprint density at radius 2 is 2.10 bits per heavy atom. The number of hydrogen-bond acceptors (Lipinski definition) is 5. The summed E-state index contributed by atoms with van der Waals surface area (Å²) in [6.07, 6.45) is 3.80. The molecule has 2 N–H and O–H groups in total. The predicted octanol–water partition coefficient (Wildman–Crippen LogP) is 1.93. The smallest absolute Gasteiger partial charge is 0.328 e. The lowest BCUT2D eigenvalue weighted by Crippen LogP contribution is -2.33. The summed E-state index contributed by atoms with van der Waals surface area (Å²) in [7, 11) is -3.64. The van der Waals surface area contributed by atoms with Crippen LogP contribution >= 0.6 is 0 Å². The van der Waals surface area contributed by atoms with Crippen LogP contribution in [0.5, 0.6) is 5.75 Å². The third-order valence-corrected chi connectivity index (χ3v) is 6.42. The third-order valence-electron chi connectivity index (χ3n) is 4.95. The fraction of sp³-hybridized carbons (Fsp3) is 0.500. The molecule has 10 heteroatoms. The number of aromatic nitrogens is 2. The number of rotatable bonds is 11. The lowest BCUT2D eigenvalue weighted by atomic mass is 10.1. The minimum atomic E-state index is -3.64. The normalized spacial score (nSPS) is 15.1. The van der Waals surface area contributed by atoms with Crippen LogP contribution in [0.25, 0.3) is 0 Å². The van der Waals surface area contributed by atoms with Crippen LogP contribution in [0.15, 0.2) is 40.1 Å². The van der Waals surface area contributed by atoms with Gasteiger partial charge < -0.3 is 4.74 Å². The molecule has 0 aliphatic heterocycles. The molecule has 1 aromatic carbocycles. The molecule has 0 unspecified atom stereocenters. The van der Waals surface area contributed by atoms with Gasteiger partial charge >= 0.3 is 5.69 Å². The largest absolute Gasteiger partial charge is 0.493 e. The molecule has 164 valence electrons. The summed E-state index contributed by atoms with van der Waals surface area (Å²) in [6, 6.07) is 6.98. The lowest BCUT2D eigenvalue weighted by Gasteiger charge is -2.18. The van der Waals surface area contributed by atoms with E-state index in [1.165, 1.54) is 12.8 Å². The van der Waals surface area contributed by atoms with E-state index in [9.17, 15) is 22.4 Å². The highest BCUT2D eigenvalue weighted by Gasteiger charge is 2.22. The van der Waals surface area contributed by atoms with Crippen molar-refractivity contribution < 1.29 is 17.5 Å². The van der Waals surface area contributed by atoms with Crippen molar-refractivity contribution in [2.75, 3.05) is 12.4 Å². The Morgan fingerprint density at radius 1 is 1.33 bits per heavy atom. The average Bonchev–Trinajstić information content (AvgIpc) is 3.53. The molecular formula is C20H26FN3O5S. The van der Waals surface area contributed by atoms with E-state index >= 15 is 0 Å². The van der Waals surface area contributed by atoms with Crippen molar-refractivity contribution >= 4 is 10.0 Å². The second-order valence-electron chi connectivity index (χ2n) is 7.51. The number of halogens is 1. The van der Waals surface area contributed by atoms with Crippen LogP contribution in [0.1, 0.15) is 44.2 Å². The van der Waals surface area contributed by atoms with Gasteiger partial charge in [-0.05, 0) is 49.3 Å². The molecule has 1 aliphatic rings. The zero-order valence-corrected chi connectivity index (χ0v) is 17.6. The van der Waals surface area contributed by atoms with Crippen LogP contribution in [-0.4, -0.2) is 30.3 Å². The minimum absolute atomic E-state index is 0.0330. The quantitative estimate of drug-likeness (QED) is 0.556. The van der Waals surface area contributed by atoms with Crippen LogP contribution < -0.4 is 20.7 Å². The predicted molar refractivity (Wildman–Crippen MR) is 111 cm³/mol. The summed E-state index contributed by atoms with van der Waals surface area (Å²) >= 11 is 0. The lowest BCUT2D eigenvalue weighted by molar-refractivity contribution is 0.299. The van der Waals surface area contributed by atoms with Gasteiger partial charge in [0.2, 0.25) is 15.8 Å². The molecule has 0 spiro atoms. The first-order valence-corrected chi connectivity index (χ1v) is 11.6. The Kier molecular flexibility index (Phi) is 7.09. The number of ether oxygens (including phenoxy) is 1. The van der Waals surface area contributed by atoms with Crippen LogP contribution in [-0.2, 0) is 16.6 Å². The number of H-pyrrole nitrogens is 1. The van der Waals surface area contributed by atoms with E-state index in [4.69, 9.17) is 4.74 Å². The van der Waals surface area contributed by atoms with Crippen LogP contribution in [0.4, 0.5) is 4.39 Å². The maximum atomic E-state index is 13.3. The maximum absolute atomic E-state index is 13.3. The Bertz CT molecular complexity index is 1090. The van der Waals surface area contributed by atoms with Gasteiger partial charge in [0, 0.05) is 12.6 Å². The molecule has 3 rings (SSSR count). The second kappa shape index (κ2) is 9.57. The van der Waals surface area contributed by atoms with Gasteiger partial charge in [0.25, 0.3) is 5.56 Å². The van der Waals surface area contributed by atoms with Gasteiger partial charge in [-0.3, -0.25) is 14.3 Å². The summed E-state index contributed by atoms with van der Waals surface area (Å²) in [5, 5.41) is 0. The zero-order chi connectivity index (χ0) is 21.7. The van der Waals surface area contributed by atoms with E-state index in [0.717, 1.165) is 22.1 Å². The van der Waals surface area contributed by atoms with E-state index in [1.54, 1.807) is 0 Å². The van der Waals surface area contributed by atoms with E-state index in [2.05, 4.69) is 4.72 Å². The van der Waals surface area contributed by atoms with E-state index < -0.39 is 33.1 Å². The van der Waals surface area contributed by atoms with Crippen molar-refractivity contribution in [3.63, 3.8) is 0 Å². The SMILES string of the molecule is CC[C@@H](NS(=O)(=O)CCCn1cc(F)c(=O)[nH]c1=O)c1cccc(OCC2CC2)c1. The minimum Gasteiger partial charge on any atom is -0.493 e. The number of aryl methyl sites for hydroxylation is 1. The Morgan fingerprint density at radius 3 is 2.80 bits per heavy atom. The molecular weight excluding hydrogens is 413 g/mol. The highest BCUT2D eigenvalue weighted by Crippen LogP contribution is 2.30. The molecule has 8 nitrogen and oxygen atoms in total. The Hall–Kier alpha value is -2.46. The van der Waals surface area contributed by atoms with Gasteiger partial charge in [-0.2, -0.15) is 4.39 Å². The van der Waals surface area contributed by atoms with E-state index in [0.29, 0.717) is 18.9 Å². The van der Waals surface area contributed by atoms with Gasteiger partial charge in [-0.15, -0.1) is 0 Å². The van der Waals surface area contributed by atoms with Gasteiger partial charge in [-0.1, -0.05) is 19.1 Å².